The molecule has 0 rings (SSSR count). The zero-order valence-corrected chi connectivity index (χ0v) is 8.65. The Balaban J connectivity index is 3.34. The van der Waals surface area contributed by atoms with Crippen LogP contribution in [-0.4, -0.2) is 34.4 Å². The third-order valence-electron chi connectivity index (χ3n) is 1.55. The van der Waals surface area contributed by atoms with Gasteiger partial charge in [-0.25, -0.2) is 13.1 Å². The van der Waals surface area contributed by atoms with Crippen molar-refractivity contribution in [3.8, 4) is 0 Å². The Bertz CT molecular complexity index is 201. The van der Waals surface area contributed by atoms with Gasteiger partial charge in [0.2, 0.25) is 10.0 Å². The Kier molecular flexibility index (Phi) is 5.44. The van der Waals surface area contributed by atoms with Crippen molar-refractivity contribution < 1.29 is 13.2 Å². The van der Waals surface area contributed by atoms with E-state index in [1.165, 1.54) is 0 Å². The summed E-state index contributed by atoms with van der Waals surface area (Å²) in [5, 5.41) is 0. The summed E-state index contributed by atoms with van der Waals surface area (Å²) < 4.78 is 28.6. The Hall–Kier alpha value is -0.130. The number of hydrogen-bond donors (Lipinski definition) is 1. The molecule has 1 unspecified atom stereocenters. The average molecular weight is 195 g/mol. The van der Waals surface area contributed by atoms with Crippen LogP contribution in [0.25, 0.3) is 0 Å². The Morgan fingerprint density at radius 3 is 2.50 bits per heavy atom. The summed E-state index contributed by atoms with van der Waals surface area (Å²) in [6, 6.07) is 0. The molecule has 0 bridgehead atoms. The van der Waals surface area contributed by atoms with Crippen LogP contribution in [-0.2, 0) is 14.8 Å². The first kappa shape index (κ1) is 11.9. The lowest BCUT2D eigenvalue weighted by molar-refractivity contribution is 0.109. The maximum atomic E-state index is 10.6. The molecule has 74 valence electrons. The van der Waals surface area contributed by atoms with Crippen LogP contribution in [0, 0.1) is 0 Å². The zero-order valence-electron chi connectivity index (χ0n) is 7.83. The Morgan fingerprint density at radius 1 is 1.50 bits per heavy atom. The fourth-order valence-electron chi connectivity index (χ4n) is 0.765. The van der Waals surface area contributed by atoms with Crippen molar-refractivity contribution in [3.63, 3.8) is 0 Å². The van der Waals surface area contributed by atoms with Crippen LogP contribution in [0.15, 0.2) is 0 Å². The predicted octanol–water partition coefficient (Wildman–Crippen LogP) is 0.351. The SMILES string of the molecule is COC(C)CCCNS(C)(=O)=O. The molecule has 0 radical (unpaired) electrons. The molecule has 0 aromatic heterocycles. The minimum absolute atomic E-state index is 0.200. The van der Waals surface area contributed by atoms with E-state index in [1.807, 2.05) is 6.92 Å². The highest BCUT2D eigenvalue weighted by Gasteiger charge is 2.01. The molecule has 0 aromatic carbocycles. The molecule has 1 N–H and O–H groups in total. The maximum absolute atomic E-state index is 10.6. The lowest BCUT2D eigenvalue weighted by Crippen LogP contribution is -2.23. The summed E-state index contributed by atoms with van der Waals surface area (Å²) in [5.74, 6) is 0. The molecule has 0 saturated heterocycles. The summed E-state index contributed by atoms with van der Waals surface area (Å²) in [6.07, 6.45) is 3.04. The molecule has 0 saturated carbocycles. The quantitative estimate of drug-likeness (QED) is 0.622. The van der Waals surface area contributed by atoms with Crippen LogP contribution in [0.3, 0.4) is 0 Å². The van der Waals surface area contributed by atoms with Gasteiger partial charge in [0.15, 0.2) is 0 Å². The van der Waals surface area contributed by atoms with E-state index in [-0.39, 0.29) is 6.10 Å². The highest BCUT2D eigenvalue weighted by atomic mass is 32.2. The molecule has 0 fully saturated rings. The fraction of sp³-hybridized carbons (Fsp3) is 1.00. The minimum atomic E-state index is -3.02. The number of hydrogen-bond acceptors (Lipinski definition) is 3. The van der Waals surface area contributed by atoms with Gasteiger partial charge in [-0.1, -0.05) is 0 Å². The Labute approximate surface area is 74.4 Å². The van der Waals surface area contributed by atoms with Crippen LogP contribution >= 0.6 is 0 Å². The number of nitrogens with one attached hydrogen (secondary N) is 1. The topological polar surface area (TPSA) is 55.4 Å². The lowest BCUT2D eigenvalue weighted by atomic mass is 10.2. The standard InChI is InChI=1S/C7H17NO3S/c1-7(11-2)5-4-6-8-12(3,9)10/h7-8H,4-6H2,1-3H3. The second kappa shape index (κ2) is 5.50. The van der Waals surface area contributed by atoms with Crippen LogP contribution in [0.2, 0.25) is 0 Å². The highest BCUT2D eigenvalue weighted by Crippen LogP contribution is 1.98. The first-order chi connectivity index (χ1) is 5.45. The summed E-state index contributed by atoms with van der Waals surface area (Å²) >= 11 is 0. The number of ether oxygens (including phenoxy) is 1. The third kappa shape index (κ3) is 7.97. The Morgan fingerprint density at radius 2 is 2.08 bits per heavy atom. The molecular weight excluding hydrogens is 178 g/mol. The van der Waals surface area contributed by atoms with E-state index >= 15 is 0 Å². The molecule has 0 aliphatic rings. The highest BCUT2D eigenvalue weighted by molar-refractivity contribution is 7.88. The van der Waals surface area contributed by atoms with Crippen molar-refractivity contribution in [3.05, 3.63) is 0 Å². The van der Waals surface area contributed by atoms with Crippen molar-refractivity contribution >= 4 is 10.0 Å². The summed E-state index contributed by atoms with van der Waals surface area (Å²) in [5.41, 5.74) is 0. The van der Waals surface area contributed by atoms with Crippen LogP contribution in [0.4, 0.5) is 0 Å². The van der Waals surface area contributed by atoms with Gasteiger partial charge in [-0.15, -0.1) is 0 Å². The molecule has 0 aliphatic carbocycles. The molecule has 0 aromatic rings. The van der Waals surface area contributed by atoms with E-state index in [9.17, 15) is 8.42 Å². The molecule has 0 spiro atoms. The molecular formula is C7H17NO3S. The van der Waals surface area contributed by atoms with E-state index in [1.54, 1.807) is 7.11 Å². The number of methoxy groups -OCH3 is 1. The number of rotatable bonds is 6. The van der Waals surface area contributed by atoms with Gasteiger partial charge in [0, 0.05) is 13.7 Å². The predicted molar refractivity (Wildman–Crippen MR) is 48.6 cm³/mol. The molecule has 4 nitrogen and oxygen atoms in total. The second-order valence-electron chi connectivity index (χ2n) is 2.86. The molecule has 0 amide bonds. The van der Waals surface area contributed by atoms with Crippen LogP contribution in [0.5, 0.6) is 0 Å². The van der Waals surface area contributed by atoms with E-state index in [2.05, 4.69) is 4.72 Å². The van der Waals surface area contributed by atoms with Gasteiger partial charge < -0.3 is 4.74 Å². The van der Waals surface area contributed by atoms with Crippen LogP contribution in [0.1, 0.15) is 19.8 Å². The van der Waals surface area contributed by atoms with Crippen molar-refractivity contribution in [2.45, 2.75) is 25.9 Å². The first-order valence-corrected chi connectivity index (χ1v) is 5.82. The van der Waals surface area contributed by atoms with Crippen molar-refractivity contribution in [1.29, 1.82) is 0 Å². The fourth-order valence-corrected chi connectivity index (χ4v) is 1.28. The van der Waals surface area contributed by atoms with Crippen molar-refractivity contribution in [1.82, 2.24) is 4.72 Å². The van der Waals surface area contributed by atoms with E-state index < -0.39 is 10.0 Å². The van der Waals surface area contributed by atoms with Gasteiger partial charge in [0.1, 0.15) is 0 Å². The third-order valence-corrected chi connectivity index (χ3v) is 2.28. The van der Waals surface area contributed by atoms with Crippen molar-refractivity contribution in [2.75, 3.05) is 19.9 Å². The maximum Gasteiger partial charge on any atom is 0.208 e. The smallest absolute Gasteiger partial charge is 0.208 e. The second-order valence-corrected chi connectivity index (χ2v) is 4.69. The largest absolute Gasteiger partial charge is 0.382 e. The van der Waals surface area contributed by atoms with Gasteiger partial charge in [0.05, 0.1) is 12.4 Å². The van der Waals surface area contributed by atoms with Gasteiger partial charge in [0.25, 0.3) is 0 Å². The first-order valence-electron chi connectivity index (χ1n) is 3.93. The van der Waals surface area contributed by atoms with Gasteiger partial charge in [-0.2, -0.15) is 0 Å². The monoisotopic (exact) mass is 195 g/mol. The van der Waals surface area contributed by atoms with Crippen molar-refractivity contribution in [2.24, 2.45) is 0 Å². The zero-order chi connectivity index (χ0) is 9.61. The van der Waals surface area contributed by atoms with E-state index in [4.69, 9.17) is 4.74 Å². The van der Waals surface area contributed by atoms with Gasteiger partial charge in [-0.3, -0.25) is 0 Å². The normalized spacial score (nSPS) is 14.6. The lowest BCUT2D eigenvalue weighted by Gasteiger charge is -2.08. The van der Waals surface area contributed by atoms with Crippen LogP contribution < -0.4 is 4.72 Å². The molecule has 0 aliphatic heterocycles. The summed E-state index contributed by atoms with van der Waals surface area (Å²) in [4.78, 5) is 0. The molecule has 1 atom stereocenters. The minimum Gasteiger partial charge on any atom is -0.382 e. The van der Waals surface area contributed by atoms with Gasteiger partial charge in [-0.05, 0) is 19.8 Å². The molecule has 5 heteroatoms. The molecule has 0 heterocycles. The summed E-state index contributed by atoms with van der Waals surface area (Å²) in [7, 11) is -1.37. The van der Waals surface area contributed by atoms with Gasteiger partial charge >= 0.3 is 0 Å². The molecule has 12 heavy (non-hydrogen) atoms. The van der Waals surface area contributed by atoms with E-state index in [0.29, 0.717) is 6.54 Å². The van der Waals surface area contributed by atoms with E-state index in [0.717, 1.165) is 19.1 Å². The summed E-state index contributed by atoms with van der Waals surface area (Å²) in [6.45, 7) is 2.45. The number of sulfonamides is 1. The average Bonchev–Trinajstić information content (AvgIpc) is 1.96.